The fourth-order valence-electron chi connectivity index (χ4n) is 5.67. The number of aromatic nitrogens is 2. The zero-order valence-corrected chi connectivity index (χ0v) is 27.4. The molecule has 0 spiro atoms. The smallest absolute Gasteiger partial charge is 0.333 e. The second-order valence-corrected chi connectivity index (χ2v) is 15.1. The van der Waals surface area contributed by atoms with E-state index in [9.17, 15) is 26.4 Å². The van der Waals surface area contributed by atoms with Gasteiger partial charge in [-0.05, 0) is 36.6 Å². The lowest BCUT2D eigenvalue weighted by molar-refractivity contribution is 0.0725. The number of carbonyl (C=O) groups excluding carboxylic acids is 1. The van der Waals surface area contributed by atoms with E-state index in [1.807, 2.05) is 30.3 Å². The summed E-state index contributed by atoms with van der Waals surface area (Å²) in [7, 11) is -7.23. The lowest BCUT2D eigenvalue weighted by Gasteiger charge is -2.28. The van der Waals surface area contributed by atoms with E-state index in [-0.39, 0.29) is 47.5 Å². The first-order valence-corrected chi connectivity index (χ1v) is 18.7. The van der Waals surface area contributed by atoms with Gasteiger partial charge in [0, 0.05) is 44.8 Å². The summed E-state index contributed by atoms with van der Waals surface area (Å²) >= 11 is 0. The summed E-state index contributed by atoms with van der Waals surface area (Å²) in [6.45, 7) is 4.00. The number of benzene rings is 3. The van der Waals surface area contributed by atoms with E-state index in [4.69, 9.17) is 0 Å². The number of rotatable bonds is 13. The van der Waals surface area contributed by atoms with E-state index in [1.54, 1.807) is 54.3 Å². The van der Waals surface area contributed by atoms with Gasteiger partial charge in [-0.25, -0.2) is 26.4 Å². The zero-order chi connectivity index (χ0) is 32.7. The van der Waals surface area contributed by atoms with E-state index in [0.29, 0.717) is 55.1 Å². The molecule has 11 nitrogen and oxygen atoms in total. The molecule has 1 saturated heterocycles. The third-order valence-electron chi connectivity index (χ3n) is 7.82. The van der Waals surface area contributed by atoms with Gasteiger partial charge in [0.1, 0.15) is 5.69 Å². The molecule has 0 bridgehead atoms. The number of sulfonamides is 1. The number of sulfone groups is 1. The van der Waals surface area contributed by atoms with Crippen LogP contribution in [0.1, 0.15) is 35.8 Å². The average Bonchev–Trinajstić information content (AvgIpc) is 3.35. The molecule has 1 aromatic heterocycles. The number of para-hydroxylation sites is 1. The van der Waals surface area contributed by atoms with E-state index >= 15 is 0 Å². The van der Waals surface area contributed by atoms with Crippen molar-refractivity contribution in [1.82, 2.24) is 24.1 Å². The van der Waals surface area contributed by atoms with Gasteiger partial charge >= 0.3 is 5.69 Å². The molecule has 1 aliphatic heterocycles. The maximum Gasteiger partial charge on any atom is 0.333 e. The summed E-state index contributed by atoms with van der Waals surface area (Å²) in [6, 6.07) is 24.0. The Hall–Kier alpha value is -4.04. The lowest BCUT2D eigenvalue weighted by atomic mass is 10.1. The molecule has 0 saturated carbocycles. The highest BCUT2D eigenvalue weighted by atomic mass is 32.2. The highest BCUT2D eigenvalue weighted by molar-refractivity contribution is 7.90. The molecule has 0 unspecified atom stereocenters. The Labute approximate surface area is 269 Å². The van der Waals surface area contributed by atoms with Gasteiger partial charge in [0.15, 0.2) is 9.84 Å². The number of carbonyl (C=O) groups is 1. The Morgan fingerprint density at radius 2 is 1.50 bits per heavy atom. The minimum Gasteiger partial charge on any atom is -0.335 e. The molecule has 0 aliphatic carbocycles. The Kier molecular flexibility index (Phi) is 10.6. The van der Waals surface area contributed by atoms with Crippen LogP contribution in [0.15, 0.2) is 94.6 Å². The van der Waals surface area contributed by atoms with Crippen LogP contribution in [-0.2, 0) is 32.2 Å². The number of imidazole rings is 1. The van der Waals surface area contributed by atoms with Gasteiger partial charge in [0.25, 0.3) is 5.91 Å². The van der Waals surface area contributed by atoms with Gasteiger partial charge in [-0.15, -0.1) is 0 Å². The van der Waals surface area contributed by atoms with Crippen molar-refractivity contribution in [2.24, 2.45) is 0 Å². The summed E-state index contributed by atoms with van der Waals surface area (Å²) in [5.41, 5.74) is 1.47. The minimum absolute atomic E-state index is 0.00834. The molecule has 0 radical (unpaired) electrons. The number of hydrogen-bond acceptors (Lipinski definition) is 7. The van der Waals surface area contributed by atoms with Crippen LogP contribution in [-0.4, -0.2) is 75.3 Å². The van der Waals surface area contributed by atoms with Crippen molar-refractivity contribution in [3.63, 3.8) is 0 Å². The third-order valence-corrected chi connectivity index (χ3v) is 11.1. The molecular formula is C33H39N5O6S2. The van der Waals surface area contributed by atoms with E-state index in [1.165, 1.54) is 21.3 Å². The highest BCUT2D eigenvalue weighted by Gasteiger charge is 2.31. The number of nitrogens with one attached hydrogen (secondary N) is 2. The van der Waals surface area contributed by atoms with E-state index in [0.717, 1.165) is 0 Å². The topological polar surface area (TPSA) is 140 Å². The average molecular weight is 666 g/mol. The number of piperazine rings is 1. The van der Waals surface area contributed by atoms with Crippen LogP contribution in [0.4, 0.5) is 0 Å². The number of hydrogen-bond donors (Lipinski definition) is 2. The molecule has 46 heavy (non-hydrogen) atoms. The van der Waals surface area contributed by atoms with Crippen LogP contribution in [0.2, 0.25) is 0 Å². The second-order valence-electron chi connectivity index (χ2n) is 11.2. The minimum atomic E-state index is -3.77. The third kappa shape index (κ3) is 7.49. The predicted molar refractivity (Wildman–Crippen MR) is 178 cm³/mol. The predicted octanol–water partition coefficient (Wildman–Crippen LogP) is 3.04. The van der Waals surface area contributed by atoms with Crippen molar-refractivity contribution in [3.8, 4) is 16.9 Å². The summed E-state index contributed by atoms with van der Waals surface area (Å²) in [5, 5.41) is 3.24. The van der Waals surface area contributed by atoms with Gasteiger partial charge in [-0.3, -0.25) is 13.9 Å². The van der Waals surface area contributed by atoms with Crippen LogP contribution < -0.4 is 15.7 Å². The van der Waals surface area contributed by atoms with Crippen molar-refractivity contribution >= 4 is 25.8 Å². The lowest BCUT2D eigenvalue weighted by Crippen LogP contribution is -2.47. The maximum atomic E-state index is 14.5. The summed E-state index contributed by atoms with van der Waals surface area (Å²) in [6.07, 6.45) is 0.687. The van der Waals surface area contributed by atoms with Crippen molar-refractivity contribution in [2.45, 2.75) is 37.0 Å². The highest BCUT2D eigenvalue weighted by Crippen LogP contribution is 2.30. The van der Waals surface area contributed by atoms with Crippen LogP contribution in [0.3, 0.4) is 0 Å². The maximum absolute atomic E-state index is 14.5. The molecule has 3 aromatic carbocycles. The van der Waals surface area contributed by atoms with Gasteiger partial charge < -0.3 is 10.2 Å². The normalized spacial score (nSPS) is 14.0. The summed E-state index contributed by atoms with van der Waals surface area (Å²) in [4.78, 5) is 30.6. The van der Waals surface area contributed by atoms with Gasteiger partial charge in [0.05, 0.1) is 27.8 Å². The van der Waals surface area contributed by atoms with Gasteiger partial charge in [-0.2, -0.15) is 0 Å². The standard InChI is InChI=1S/C33H39N5O6S2/c1-2-24-45(41,42)25-27-14-9-10-17-29(27)38-30(26-12-5-3-6-13-26)31(32(39)36-22-19-34-20-23-36)37(33(38)40)21-11-18-35-46(43,44)28-15-7-4-8-16-28/h3-10,12-17,34-35H,2,11,18-25H2,1H3. The van der Waals surface area contributed by atoms with Gasteiger partial charge in [0.2, 0.25) is 10.0 Å². The molecule has 2 heterocycles. The quantitative estimate of drug-likeness (QED) is 0.209. The molecule has 2 N–H and O–H groups in total. The van der Waals surface area contributed by atoms with Crippen molar-refractivity contribution in [1.29, 1.82) is 0 Å². The number of nitrogens with zero attached hydrogens (tertiary/aromatic N) is 3. The summed E-state index contributed by atoms with van der Waals surface area (Å²) in [5.74, 6) is -0.572. The first-order chi connectivity index (χ1) is 22.1. The van der Waals surface area contributed by atoms with Crippen LogP contribution >= 0.6 is 0 Å². The first kappa shape index (κ1) is 33.3. The van der Waals surface area contributed by atoms with E-state index < -0.39 is 25.6 Å². The van der Waals surface area contributed by atoms with Crippen molar-refractivity contribution in [2.75, 3.05) is 38.5 Å². The monoisotopic (exact) mass is 665 g/mol. The molecule has 1 aliphatic rings. The van der Waals surface area contributed by atoms with Crippen LogP contribution in [0.25, 0.3) is 16.9 Å². The van der Waals surface area contributed by atoms with E-state index in [2.05, 4.69) is 10.0 Å². The fourth-order valence-corrected chi connectivity index (χ4v) is 8.25. The van der Waals surface area contributed by atoms with Crippen molar-refractivity contribution < 1.29 is 21.6 Å². The zero-order valence-electron chi connectivity index (χ0n) is 25.8. The molecule has 1 fully saturated rings. The molecule has 5 rings (SSSR count). The van der Waals surface area contributed by atoms with Crippen molar-refractivity contribution in [3.05, 3.63) is 107 Å². The molecule has 0 atom stereocenters. The Morgan fingerprint density at radius 3 is 2.17 bits per heavy atom. The molecular weight excluding hydrogens is 627 g/mol. The molecule has 13 heteroatoms. The Morgan fingerprint density at radius 1 is 0.870 bits per heavy atom. The molecule has 1 amide bonds. The first-order valence-electron chi connectivity index (χ1n) is 15.4. The number of amides is 1. The largest absolute Gasteiger partial charge is 0.335 e. The second kappa shape index (κ2) is 14.6. The Bertz CT molecular complexity index is 1930. The fraction of sp³-hybridized carbons (Fsp3) is 0.333. The molecule has 4 aromatic rings. The SMILES string of the molecule is CCCS(=O)(=O)Cc1ccccc1-n1c(-c2ccccc2)c(C(=O)N2CCNCC2)n(CCCNS(=O)(=O)c2ccccc2)c1=O. The Balaban J connectivity index is 1.62. The van der Waals surface area contributed by atoms with Gasteiger partial charge in [-0.1, -0.05) is 73.7 Å². The summed E-state index contributed by atoms with van der Waals surface area (Å²) < 4.78 is 57.0. The van der Waals surface area contributed by atoms with Crippen LogP contribution in [0, 0.1) is 0 Å². The van der Waals surface area contributed by atoms with Crippen LogP contribution in [0.5, 0.6) is 0 Å². The molecule has 244 valence electrons.